The second-order valence-corrected chi connectivity index (χ2v) is 8.27. The number of thioether (sulfide) groups is 1. The Labute approximate surface area is 150 Å². The number of aliphatic hydroxyl groups excluding tert-OH is 1. The standard InChI is InChI=1S/C13H25N2O8PS/c1-9(16)25-7-6-14-10(17)4-5-15-12(19)11(18)13(2,3)8-23-24(20,21)22/h11,18H,4-8H2,1-3H3,(H,14,17)(H,15,19)(H2,20,21,22)/p-2/t11-/m0/s1. The molecule has 0 heterocycles. The Morgan fingerprint density at radius 3 is 2.36 bits per heavy atom. The summed E-state index contributed by atoms with van der Waals surface area (Å²) in [4.78, 5) is 55.0. The third-order valence-corrected chi connectivity index (χ3v) is 4.22. The van der Waals surface area contributed by atoms with Gasteiger partial charge in [-0.25, -0.2) is 0 Å². The van der Waals surface area contributed by atoms with Crippen molar-refractivity contribution in [1.29, 1.82) is 0 Å². The van der Waals surface area contributed by atoms with Crippen molar-refractivity contribution in [2.75, 3.05) is 25.4 Å². The summed E-state index contributed by atoms with van der Waals surface area (Å²) in [6.45, 7) is 3.75. The first-order valence-corrected chi connectivity index (χ1v) is 9.82. The van der Waals surface area contributed by atoms with E-state index >= 15 is 0 Å². The third-order valence-electron chi connectivity index (χ3n) is 2.96. The molecule has 0 aliphatic heterocycles. The number of carbonyl (C=O) groups is 3. The van der Waals surface area contributed by atoms with Crippen LogP contribution in [0.2, 0.25) is 0 Å². The molecule has 1 atom stereocenters. The molecule has 0 unspecified atom stereocenters. The highest BCUT2D eigenvalue weighted by molar-refractivity contribution is 8.13. The first-order valence-electron chi connectivity index (χ1n) is 7.37. The van der Waals surface area contributed by atoms with Crippen LogP contribution in [0.5, 0.6) is 0 Å². The Hall–Kier alpha value is -0.970. The van der Waals surface area contributed by atoms with Gasteiger partial charge in [-0.2, -0.15) is 0 Å². The van der Waals surface area contributed by atoms with E-state index in [9.17, 15) is 33.8 Å². The molecule has 0 aliphatic carbocycles. The largest absolute Gasteiger partial charge is 0.790 e. The summed E-state index contributed by atoms with van der Waals surface area (Å²) in [5.74, 6) is -0.704. The number of hydrogen-bond acceptors (Lipinski definition) is 9. The molecule has 0 aromatic rings. The van der Waals surface area contributed by atoms with E-state index in [4.69, 9.17) is 0 Å². The predicted molar refractivity (Wildman–Crippen MR) is 87.1 cm³/mol. The maximum absolute atomic E-state index is 11.8. The number of aliphatic hydroxyl groups is 1. The third kappa shape index (κ3) is 12.1. The molecule has 0 rings (SSSR count). The van der Waals surface area contributed by atoms with Crippen LogP contribution in [-0.4, -0.2) is 53.6 Å². The van der Waals surface area contributed by atoms with Crippen LogP contribution in [0.15, 0.2) is 0 Å². The van der Waals surface area contributed by atoms with Gasteiger partial charge in [0.15, 0.2) is 5.12 Å². The van der Waals surface area contributed by atoms with Crippen molar-refractivity contribution in [1.82, 2.24) is 10.6 Å². The lowest BCUT2D eigenvalue weighted by molar-refractivity contribution is -0.343. The molecule has 0 fully saturated rings. The molecule has 0 saturated heterocycles. The fraction of sp³-hybridized carbons (Fsp3) is 0.769. The molecule has 0 aliphatic rings. The topological polar surface area (TPSA) is 168 Å². The minimum Gasteiger partial charge on any atom is -0.790 e. The van der Waals surface area contributed by atoms with Gasteiger partial charge in [0.1, 0.15) is 6.10 Å². The van der Waals surface area contributed by atoms with Crippen LogP contribution in [0.1, 0.15) is 27.2 Å². The van der Waals surface area contributed by atoms with Crippen molar-refractivity contribution in [2.24, 2.45) is 5.41 Å². The van der Waals surface area contributed by atoms with E-state index in [0.29, 0.717) is 12.3 Å². The van der Waals surface area contributed by atoms with Gasteiger partial charge in [-0.05, 0) is 0 Å². The average Bonchev–Trinajstić information content (AvgIpc) is 2.48. The van der Waals surface area contributed by atoms with Gasteiger partial charge >= 0.3 is 0 Å². The number of rotatable bonds is 11. The van der Waals surface area contributed by atoms with Crippen molar-refractivity contribution in [3.63, 3.8) is 0 Å². The van der Waals surface area contributed by atoms with E-state index in [1.54, 1.807) is 0 Å². The van der Waals surface area contributed by atoms with Crippen LogP contribution in [0.25, 0.3) is 0 Å². The molecule has 0 bridgehead atoms. The normalized spacial score (nSPS) is 13.2. The fourth-order valence-electron chi connectivity index (χ4n) is 1.55. The first kappa shape index (κ1) is 24.0. The molecule has 3 N–H and O–H groups in total. The predicted octanol–water partition coefficient (Wildman–Crippen LogP) is -1.88. The minimum atomic E-state index is -5.20. The van der Waals surface area contributed by atoms with Gasteiger partial charge < -0.3 is 34.6 Å². The Balaban J connectivity index is 4.13. The molecular weight excluding hydrogens is 375 g/mol. The Bertz CT molecular complexity index is 522. The van der Waals surface area contributed by atoms with Crippen LogP contribution in [0, 0.1) is 5.41 Å². The van der Waals surface area contributed by atoms with Crippen LogP contribution >= 0.6 is 19.6 Å². The minimum absolute atomic E-state index is 0.0313. The van der Waals surface area contributed by atoms with Gasteiger partial charge in [-0.15, -0.1) is 0 Å². The van der Waals surface area contributed by atoms with Gasteiger partial charge in [-0.3, -0.25) is 14.4 Å². The molecule has 0 aromatic heterocycles. The summed E-state index contributed by atoms with van der Waals surface area (Å²) < 4.78 is 14.6. The van der Waals surface area contributed by atoms with Crippen molar-refractivity contribution in [3.8, 4) is 0 Å². The van der Waals surface area contributed by atoms with Gasteiger partial charge in [0.2, 0.25) is 11.8 Å². The number of phosphoric acid groups is 1. The van der Waals surface area contributed by atoms with Crippen molar-refractivity contribution >= 4 is 36.5 Å². The van der Waals surface area contributed by atoms with Crippen molar-refractivity contribution in [3.05, 3.63) is 0 Å². The van der Waals surface area contributed by atoms with Gasteiger partial charge in [0.05, 0.1) is 14.4 Å². The highest BCUT2D eigenvalue weighted by atomic mass is 32.2. The SMILES string of the molecule is CC(=O)SCCNC(=O)CCNC(=O)[C@H](O)C(C)(C)COP(=O)([O-])[O-]. The zero-order chi connectivity index (χ0) is 19.7. The second-order valence-electron chi connectivity index (χ2n) is 5.84. The lowest BCUT2D eigenvalue weighted by Gasteiger charge is -2.35. The van der Waals surface area contributed by atoms with E-state index in [1.807, 2.05) is 0 Å². The molecule has 0 radical (unpaired) electrons. The lowest BCUT2D eigenvalue weighted by atomic mass is 9.87. The quantitative estimate of drug-likeness (QED) is 0.266. The Morgan fingerprint density at radius 2 is 1.84 bits per heavy atom. The molecule has 25 heavy (non-hydrogen) atoms. The monoisotopic (exact) mass is 398 g/mol. The highest BCUT2D eigenvalue weighted by Crippen LogP contribution is 2.31. The summed E-state index contributed by atoms with van der Waals surface area (Å²) in [6.07, 6.45) is -1.66. The lowest BCUT2D eigenvalue weighted by Crippen LogP contribution is -2.46. The van der Waals surface area contributed by atoms with Crippen LogP contribution in [-0.2, 0) is 23.5 Å². The molecule has 12 heteroatoms. The Kier molecular flexibility index (Phi) is 10.5. The molecule has 146 valence electrons. The van der Waals surface area contributed by atoms with Gasteiger partial charge in [0, 0.05) is 37.6 Å². The smallest absolute Gasteiger partial charge is 0.249 e. The van der Waals surface area contributed by atoms with E-state index in [0.717, 1.165) is 11.8 Å². The number of hydrogen-bond donors (Lipinski definition) is 3. The maximum atomic E-state index is 11.8. The summed E-state index contributed by atoms with van der Waals surface area (Å²) in [7, 11) is -5.20. The van der Waals surface area contributed by atoms with E-state index < -0.39 is 31.9 Å². The number of phosphoric ester groups is 1. The molecule has 0 saturated carbocycles. The molecular formula is C13H23N2O8PS-2. The van der Waals surface area contributed by atoms with Crippen LogP contribution < -0.4 is 20.4 Å². The van der Waals surface area contributed by atoms with E-state index in [2.05, 4.69) is 15.2 Å². The van der Waals surface area contributed by atoms with Crippen molar-refractivity contribution in [2.45, 2.75) is 33.3 Å². The average molecular weight is 398 g/mol. The number of carbonyl (C=O) groups excluding carboxylic acids is 3. The van der Waals surface area contributed by atoms with Crippen LogP contribution in [0.4, 0.5) is 0 Å². The summed E-state index contributed by atoms with van der Waals surface area (Å²) in [6, 6.07) is 0. The second kappa shape index (κ2) is 10.9. The van der Waals surface area contributed by atoms with E-state index in [1.165, 1.54) is 20.8 Å². The first-order chi connectivity index (χ1) is 11.3. The molecule has 0 aromatic carbocycles. The fourth-order valence-corrected chi connectivity index (χ4v) is 2.53. The van der Waals surface area contributed by atoms with Crippen molar-refractivity contribution < 1.29 is 38.4 Å². The number of nitrogens with one attached hydrogen (secondary N) is 2. The summed E-state index contributed by atoms with van der Waals surface area (Å²) >= 11 is 1.08. The summed E-state index contributed by atoms with van der Waals surface area (Å²) in [5.41, 5.74) is -1.32. The number of amides is 2. The van der Waals surface area contributed by atoms with Gasteiger partial charge in [0.25, 0.3) is 0 Å². The Morgan fingerprint density at radius 1 is 1.24 bits per heavy atom. The maximum Gasteiger partial charge on any atom is 0.249 e. The molecule has 10 nitrogen and oxygen atoms in total. The zero-order valence-electron chi connectivity index (χ0n) is 14.3. The zero-order valence-corrected chi connectivity index (χ0v) is 16.0. The highest BCUT2D eigenvalue weighted by Gasteiger charge is 2.34. The summed E-state index contributed by atoms with van der Waals surface area (Å²) in [5, 5.41) is 14.8. The van der Waals surface area contributed by atoms with Gasteiger partial charge in [-0.1, -0.05) is 25.6 Å². The van der Waals surface area contributed by atoms with E-state index in [-0.39, 0.29) is 24.0 Å². The molecule has 2 amide bonds. The molecule has 0 spiro atoms. The van der Waals surface area contributed by atoms with Crippen LogP contribution in [0.3, 0.4) is 0 Å².